The highest BCUT2D eigenvalue weighted by Gasteiger charge is 2.30. The second kappa shape index (κ2) is 7.67. The first kappa shape index (κ1) is 19.7. The minimum Gasteiger partial charge on any atom is -0.487 e. The number of piperidine rings is 1. The number of fused-ring (bicyclic) bond motifs is 1. The standard InChI is InChI=1S/C21H29N5O3/c1-21(2)10-16-9-14(6-7-17(16)29-21)11-22-20(28)26-8-4-5-15(12-26)19-24-23-18(13-27)25(19)3/h6-7,9,15,27H,4-5,8,10-13H2,1-3H3,(H,22,28). The molecule has 2 aliphatic heterocycles. The quantitative estimate of drug-likeness (QED) is 0.822. The lowest BCUT2D eigenvalue weighted by atomic mass is 9.97. The van der Waals surface area contributed by atoms with E-state index in [4.69, 9.17) is 4.74 Å². The summed E-state index contributed by atoms with van der Waals surface area (Å²) >= 11 is 0. The van der Waals surface area contributed by atoms with E-state index >= 15 is 0 Å². The van der Waals surface area contributed by atoms with Crippen molar-refractivity contribution in [2.24, 2.45) is 7.05 Å². The Hall–Kier alpha value is -2.61. The van der Waals surface area contributed by atoms with Crippen LogP contribution in [0.1, 0.15) is 55.4 Å². The highest BCUT2D eigenvalue weighted by Crippen LogP contribution is 2.35. The second-order valence-corrected chi connectivity index (χ2v) is 8.62. The van der Waals surface area contributed by atoms with Gasteiger partial charge in [0.15, 0.2) is 5.82 Å². The first-order valence-electron chi connectivity index (χ1n) is 10.2. The fourth-order valence-corrected chi connectivity index (χ4v) is 4.30. The predicted octanol–water partition coefficient (Wildman–Crippen LogP) is 2.11. The molecule has 0 saturated carbocycles. The van der Waals surface area contributed by atoms with Crippen LogP contribution < -0.4 is 10.1 Å². The molecule has 1 fully saturated rings. The zero-order valence-electron chi connectivity index (χ0n) is 17.3. The van der Waals surface area contributed by atoms with Crippen molar-refractivity contribution in [3.05, 3.63) is 41.0 Å². The van der Waals surface area contributed by atoms with Crippen LogP contribution in [0.4, 0.5) is 4.79 Å². The highest BCUT2D eigenvalue weighted by atomic mass is 16.5. The molecule has 156 valence electrons. The smallest absolute Gasteiger partial charge is 0.317 e. The number of likely N-dealkylation sites (tertiary alicyclic amines) is 1. The summed E-state index contributed by atoms with van der Waals surface area (Å²) in [5.74, 6) is 2.44. The van der Waals surface area contributed by atoms with Gasteiger partial charge in [-0.2, -0.15) is 0 Å². The molecule has 8 nitrogen and oxygen atoms in total. The molecular weight excluding hydrogens is 370 g/mol. The lowest BCUT2D eigenvalue weighted by Crippen LogP contribution is -2.45. The number of amides is 2. The molecule has 1 aromatic heterocycles. The molecule has 3 heterocycles. The topological polar surface area (TPSA) is 92.5 Å². The number of hydrogen-bond donors (Lipinski definition) is 2. The molecule has 1 atom stereocenters. The van der Waals surface area contributed by atoms with Gasteiger partial charge in [0.05, 0.1) is 0 Å². The molecule has 2 amide bonds. The lowest BCUT2D eigenvalue weighted by molar-refractivity contribution is 0.138. The van der Waals surface area contributed by atoms with Crippen LogP contribution in [0.3, 0.4) is 0 Å². The maximum absolute atomic E-state index is 12.7. The number of ether oxygens (including phenoxy) is 1. The maximum atomic E-state index is 12.7. The number of aromatic nitrogens is 3. The van der Waals surface area contributed by atoms with E-state index in [1.54, 1.807) is 0 Å². The van der Waals surface area contributed by atoms with E-state index in [-0.39, 0.29) is 24.2 Å². The molecule has 8 heteroatoms. The first-order chi connectivity index (χ1) is 13.9. The number of aliphatic hydroxyl groups is 1. The van der Waals surface area contributed by atoms with E-state index in [1.807, 2.05) is 28.6 Å². The van der Waals surface area contributed by atoms with Crippen molar-refractivity contribution in [3.8, 4) is 5.75 Å². The van der Waals surface area contributed by atoms with E-state index in [2.05, 4.69) is 35.4 Å². The third-order valence-corrected chi connectivity index (χ3v) is 5.78. The summed E-state index contributed by atoms with van der Waals surface area (Å²) in [5, 5.41) is 20.6. The van der Waals surface area contributed by atoms with E-state index in [0.29, 0.717) is 18.9 Å². The molecule has 0 spiro atoms. The zero-order valence-corrected chi connectivity index (χ0v) is 17.3. The molecule has 1 saturated heterocycles. The molecule has 1 aromatic carbocycles. The molecule has 4 rings (SSSR count). The average Bonchev–Trinajstić information content (AvgIpc) is 3.23. The molecule has 2 aromatic rings. The number of aliphatic hydroxyl groups excluding tert-OH is 1. The molecule has 2 aliphatic rings. The third-order valence-electron chi connectivity index (χ3n) is 5.78. The van der Waals surface area contributed by atoms with Crippen molar-refractivity contribution < 1.29 is 14.6 Å². The molecule has 1 unspecified atom stereocenters. The monoisotopic (exact) mass is 399 g/mol. The Morgan fingerprint density at radius 1 is 1.38 bits per heavy atom. The van der Waals surface area contributed by atoms with Gasteiger partial charge in [0.1, 0.15) is 23.8 Å². The second-order valence-electron chi connectivity index (χ2n) is 8.62. The normalized spacial score (nSPS) is 20.3. The van der Waals surface area contributed by atoms with Gasteiger partial charge in [-0.1, -0.05) is 12.1 Å². The van der Waals surface area contributed by atoms with Gasteiger partial charge >= 0.3 is 6.03 Å². The summed E-state index contributed by atoms with van der Waals surface area (Å²) in [6, 6.07) is 6.07. The fraction of sp³-hybridized carbons (Fsp3) is 0.571. The van der Waals surface area contributed by atoms with Gasteiger partial charge in [-0.25, -0.2) is 4.79 Å². The van der Waals surface area contributed by atoms with E-state index in [1.165, 1.54) is 5.56 Å². The number of nitrogens with zero attached hydrogens (tertiary/aromatic N) is 4. The number of rotatable bonds is 4. The number of benzene rings is 1. The van der Waals surface area contributed by atoms with Crippen LogP contribution in [0.25, 0.3) is 0 Å². The van der Waals surface area contributed by atoms with E-state index in [9.17, 15) is 9.90 Å². The Bertz CT molecular complexity index is 908. The molecule has 0 radical (unpaired) electrons. The Labute approximate surface area is 170 Å². The summed E-state index contributed by atoms with van der Waals surface area (Å²) < 4.78 is 7.75. The van der Waals surface area contributed by atoms with Crippen molar-refractivity contribution in [2.45, 2.75) is 57.8 Å². The third kappa shape index (κ3) is 4.07. The predicted molar refractivity (Wildman–Crippen MR) is 108 cm³/mol. The molecule has 29 heavy (non-hydrogen) atoms. The first-order valence-corrected chi connectivity index (χ1v) is 10.2. The van der Waals surface area contributed by atoms with Crippen molar-refractivity contribution in [1.29, 1.82) is 0 Å². The van der Waals surface area contributed by atoms with Gasteiger partial charge in [0.25, 0.3) is 0 Å². The average molecular weight is 399 g/mol. The van der Waals surface area contributed by atoms with Crippen molar-refractivity contribution in [1.82, 2.24) is 25.0 Å². The van der Waals surface area contributed by atoms with Crippen LogP contribution in [0.5, 0.6) is 5.75 Å². The van der Waals surface area contributed by atoms with Crippen molar-refractivity contribution >= 4 is 6.03 Å². The molecular formula is C21H29N5O3. The van der Waals surface area contributed by atoms with E-state index < -0.39 is 0 Å². The SMILES string of the molecule is Cn1c(CO)nnc1C1CCCN(C(=O)NCc2ccc3c(c2)CC(C)(C)O3)C1. The van der Waals surface area contributed by atoms with Crippen molar-refractivity contribution in [3.63, 3.8) is 0 Å². The van der Waals surface area contributed by atoms with Gasteiger partial charge in [-0.3, -0.25) is 0 Å². The fourth-order valence-electron chi connectivity index (χ4n) is 4.30. The van der Waals surface area contributed by atoms with Gasteiger partial charge in [0, 0.05) is 39.0 Å². The summed E-state index contributed by atoms with van der Waals surface area (Å²) in [6.45, 7) is 5.87. The summed E-state index contributed by atoms with van der Waals surface area (Å²) in [6.07, 6.45) is 2.76. The van der Waals surface area contributed by atoms with Gasteiger partial charge in [-0.05, 0) is 43.9 Å². The molecule has 0 bridgehead atoms. The Morgan fingerprint density at radius 2 is 2.21 bits per heavy atom. The van der Waals surface area contributed by atoms with Crippen LogP contribution >= 0.6 is 0 Å². The van der Waals surface area contributed by atoms with Crippen LogP contribution in [0, 0.1) is 0 Å². The minimum absolute atomic E-state index is 0.0590. The molecule has 2 N–H and O–H groups in total. The van der Waals surface area contributed by atoms with Crippen LogP contribution in [0.15, 0.2) is 18.2 Å². The van der Waals surface area contributed by atoms with Gasteiger partial charge < -0.3 is 24.6 Å². The Morgan fingerprint density at radius 3 is 2.97 bits per heavy atom. The highest BCUT2D eigenvalue weighted by molar-refractivity contribution is 5.74. The summed E-state index contributed by atoms with van der Waals surface area (Å²) in [4.78, 5) is 14.6. The number of hydrogen-bond acceptors (Lipinski definition) is 5. The summed E-state index contributed by atoms with van der Waals surface area (Å²) in [7, 11) is 1.86. The van der Waals surface area contributed by atoms with Crippen LogP contribution in [-0.2, 0) is 26.6 Å². The number of carbonyl (C=O) groups is 1. The number of urea groups is 1. The van der Waals surface area contributed by atoms with Crippen LogP contribution in [0.2, 0.25) is 0 Å². The maximum Gasteiger partial charge on any atom is 0.317 e. The summed E-state index contributed by atoms with van der Waals surface area (Å²) in [5.41, 5.74) is 2.11. The number of nitrogens with one attached hydrogen (secondary N) is 1. The van der Waals surface area contributed by atoms with Crippen LogP contribution in [-0.4, -0.2) is 49.5 Å². The zero-order chi connectivity index (χ0) is 20.6. The van der Waals surface area contributed by atoms with Gasteiger partial charge in [-0.15, -0.1) is 10.2 Å². The number of carbonyl (C=O) groups excluding carboxylic acids is 1. The van der Waals surface area contributed by atoms with E-state index in [0.717, 1.165) is 42.9 Å². The molecule has 0 aliphatic carbocycles. The Kier molecular flexibility index (Phi) is 5.21. The Balaban J connectivity index is 1.36. The van der Waals surface area contributed by atoms with Gasteiger partial charge in [0.2, 0.25) is 0 Å². The van der Waals surface area contributed by atoms with Crippen molar-refractivity contribution in [2.75, 3.05) is 13.1 Å². The largest absolute Gasteiger partial charge is 0.487 e. The minimum atomic E-state index is -0.164. The lowest BCUT2D eigenvalue weighted by Gasteiger charge is -2.32.